The molecule has 174 valence electrons. The first kappa shape index (κ1) is 24.9. The summed E-state index contributed by atoms with van der Waals surface area (Å²) in [7, 11) is 1.21. The molecule has 1 heterocycles. The Labute approximate surface area is 205 Å². The van der Waals surface area contributed by atoms with Crippen LogP contribution in [-0.2, 0) is 20.9 Å². The van der Waals surface area contributed by atoms with Gasteiger partial charge in [-0.1, -0.05) is 29.8 Å². The van der Waals surface area contributed by atoms with E-state index in [0.29, 0.717) is 34.7 Å². The van der Waals surface area contributed by atoms with E-state index in [-0.39, 0.29) is 4.91 Å². The topological polar surface area (TPSA) is 82.1 Å². The Hall–Kier alpha value is -2.78. The maximum absolute atomic E-state index is 12.8. The molecule has 2 amide bonds. The lowest BCUT2D eigenvalue weighted by Crippen LogP contribution is -2.42. The number of hydrogen-bond donors (Lipinski definition) is 0. The van der Waals surface area contributed by atoms with Crippen LogP contribution in [0.3, 0.4) is 0 Å². The van der Waals surface area contributed by atoms with Gasteiger partial charge < -0.3 is 14.2 Å². The number of rotatable bonds is 8. The average Bonchev–Trinajstić information content (AvgIpc) is 3.06. The average molecular weight is 534 g/mol. The van der Waals surface area contributed by atoms with Crippen molar-refractivity contribution in [3.8, 4) is 11.5 Å². The van der Waals surface area contributed by atoms with Gasteiger partial charge >= 0.3 is 5.97 Å². The van der Waals surface area contributed by atoms with E-state index in [0.717, 1.165) is 22.2 Å². The number of nitrogens with zero attached hydrogens (tertiary/aromatic N) is 1. The number of carbonyl (C=O) groups is 3. The second kappa shape index (κ2) is 10.9. The fourth-order valence-electron chi connectivity index (χ4n) is 3.16. The van der Waals surface area contributed by atoms with Gasteiger partial charge in [0.15, 0.2) is 11.5 Å². The molecule has 1 aliphatic heterocycles. The molecule has 2 aromatic carbocycles. The van der Waals surface area contributed by atoms with Crippen molar-refractivity contribution in [1.29, 1.82) is 0 Å². The molecule has 7 nitrogen and oxygen atoms in total. The summed E-state index contributed by atoms with van der Waals surface area (Å²) in [5.41, 5.74) is 2.83. The number of ether oxygens (including phenoxy) is 3. The number of methoxy groups -OCH3 is 1. The highest BCUT2D eigenvalue weighted by Gasteiger charge is 2.41. The van der Waals surface area contributed by atoms with Gasteiger partial charge in [0.05, 0.1) is 23.1 Å². The summed E-state index contributed by atoms with van der Waals surface area (Å²) >= 11 is 4.30. The molecule has 1 atom stereocenters. The quantitative estimate of drug-likeness (QED) is 0.334. The first-order valence-electron chi connectivity index (χ1n) is 10.2. The second-order valence-electron chi connectivity index (χ2n) is 7.29. The predicted molar refractivity (Wildman–Crippen MR) is 130 cm³/mol. The van der Waals surface area contributed by atoms with Crippen LogP contribution in [0, 0.1) is 6.92 Å². The molecule has 3 rings (SSSR count). The van der Waals surface area contributed by atoms with Gasteiger partial charge in [0, 0.05) is 0 Å². The molecule has 0 spiro atoms. The van der Waals surface area contributed by atoms with Gasteiger partial charge in [-0.15, -0.1) is 0 Å². The van der Waals surface area contributed by atoms with E-state index in [4.69, 9.17) is 9.47 Å². The molecule has 1 saturated heterocycles. The number of amides is 2. The molecule has 33 heavy (non-hydrogen) atoms. The third kappa shape index (κ3) is 5.78. The summed E-state index contributed by atoms with van der Waals surface area (Å²) in [6.45, 7) is 6.13. The molecule has 1 aliphatic rings. The molecule has 0 aliphatic carbocycles. The molecule has 0 radical (unpaired) electrons. The minimum Gasteiger partial charge on any atom is -0.490 e. The number of aryl methyl sites for hydroxylation is 1. The molecule has 0 bridgehead atoms. The number of halogens is 1. The van der Waals surface area contributed by atoms with Crippen LogP contribution in [-0.4, -0.2) is 41.8 Å². The Morgan fingerprint density at radius 2 is 1.88 bits per heavy atom. The molecule has 0 saturated carbocycles. The Morgan fingerprint density at radius 3 is 2.52 bits per heavy atom. The van der Waals surface area contributed by atoms with Crippen LogP contribution in [0.15, 0.2) is 45.8 Å². The number of esters is 1. The van der Waals surface area contributed by atoms with E-state index >= 15 is 0 Å². The summed E-state index contributed by atoms with van der Waals surface area (Å²) in [6.07, 6.45) is 1.59. The zero-order valence-electron chi connectivity index (χ0n) is 18.7. The minimum atomic E-state index is -1.00. The van der Waals surface area contributed by atoms with E-state index in [1.807, 2.05) is 38.1 Å². The molecule has 1 fully saturated rings. The lowest BCUT2D eigenvalue weighted by molar-refractivity contribution is -0.148. The van der Waals surface area contributed by atoms with Crippen molar-refractivity contribution in [2.24, 2.45) is 0 Å². The van der Waals surface area contributed by atoms with Crippen LogP contribution < -0.4 is 9.47 Å². The fourth-order valence-corrected chi connectivity index (χ4v) is 4.64. The normalized spacial score (nSPS) is 15.7. The van der Waals surface area contributed by atoms with E-state index in [1.54, 1.807) is 18.2 Å². The smallest absolute Gasteiger partial charge is 0.328 e. The van der Waals surface area contributed by atoms with Gasteiger partial charge in [-0.05, 0) is 77.8 Å². The molecule has 0 aromatic heterocycles. The van der Waals surface area contributed by atoms with E-state index in [1.165, 1.54) is 19.6 Å². The van der Waals surface area contributed by atoms with Gasteiger partial charge in [0.1, 0.15) is 12.6 Å². The van der Waals surface area contributed by atoms with Crippen molar-refractivity contribution < 1.29 is 28.6 Å². The summed E-state index contributed by atoms with van der Waals surface area (Å²) in [5, 5.41) is -0.522. The third-order valence-electron chi connectivity index (χ3n) is 4.89. The van der Waals surface area contributed by atoms with Crippen LogP contribution in [0.1, 0.15) is 30.5 Å². The molecule has 0 unspecified atom stereocenters. The van der Waals surface area contributed by atoms with Crippen molar-refractivity contribution in [2.75, 3.05) is 13.7 Å². The van der Waals surface area contributed by atoms with Crippen molar-refractivity contribution in [3.05, 3.63) is 62.5 Å². The Kier molecular flexibility index (Phi) is 8.20. The van der Waals surface area contributed by atoms with Gasteiger partial charge in [-0.25, -0.2) is 4.79 Å². The molecular weight excluding hydrogens is 510 g/mol. The SMILES string of the molecule is CCOc1cc(/C=C2/SC(=O)N([C@H](C)C(=O)OC)C2=O)cc(Br)c1OCc1ccc(C)cc1. The van der Waals surface area contributed by atoms with E-state index in [9.17, 15) is 14.4 Å². The lowest BCUT2D eigenvalue weighted by atomic mass is 10.1. The second-order valence-corrected chi connectivity index (χ2v) is 9.14. The highest BCUT2D eigenvalue weighted by atomic mass is 79.9. The minimum absolute atomic E-state index is 0.207. The van der Waals surface area contributed by atoms with Crippen molar-refractivity contribution >= 4 is 50.9 Å². The summed E-state index contributed by atoms with van der Waals surface area (Å²) in [6, 6.07) is 10.6. The highest BCUT2D eigenvalue weighted by molar-refractivity contribution is 9.10. The van der Waals surface area contributed by atoms with Crippen LogP contribution in [0.2, 0.25) is 0 Å². The lowest BCUT2D eigenvalue weighted by Gasteiger charge is -2.18. The van der Waals surface area contributed by atoms with Crippen molar-refractivity contribution in [1.82, 2.24) is 4.90 Å². The monoisotopic (exact) mass is 533 g/mol. The van der Waals surface area contributed by atoms with Gasteiger partial charge in [-0.2, -0.15) is 0 Å². The Balaban J connectivity index is 1.86. The highest BCUT2D eigenvalue weighted by Crippen LogP contribution is 2.40. The first-order valence-corrected chi connectivity index (χ1v) is 11.9. The number of benzene rings is 2. The zero-order valence-corrected chi connectivity index (χ0v) is 21.1. The van der Waals surface area contributed by atoms with Crippen molar-refractivity contribution in [2.45, 2.75) is 33.4 Å². The number of carbonyl (C=O) groups excluding carboxylic acids is 3. The van der Waals surface area contributed by atoms with Crippen LogP contribution in [0.5, 0.6) is 11.5 Å². The zero-order chi connectivity index (χ0) is 24.1. The maximum atomic E-state index is 12.8. The Morgan fingerprint density at radius 1 is 1.18 bits per heavy atom. The summed E-state index contributed by atoms with van der Waals surface area (Å²) in [4.78, 5) is 38.0. The van der Waals surface area contributed by atoms with Gasteiger partial charge in [-0.3, -0.25) is 14.5 Å². The third-order valence-corrected chi connectivity index (χ3v) is 6.36. The van der Waals surface area contributed by atoms with Crippen molar-refractivity contribution in [3.63, 3.8) is 0 Å². The largest absolute Gasteiger partial charge is 0.490 e. The number of thioether (sulfide) groups is 1. The molecule has 0 N–H and O–H groups in total. The fraction of sp³-hybridized carbons (Fsp3) is 0.292. The van der Waals surface area contributed by atoms with Crippen LogP contribution >= 0.6 is 27.7 Å². The number of hydrogen-bond acceptors (Lipinski definition) is 7. The molecule has 2 aromatic rings. The molecule has 9 heteroatoms. The van der Waals surface area contributed by atoms with Gasteiger partial charge in [0.25, 0.3) is 11.1 Å². The standard InChI is InChI=1S/C24H24BrNO6S/c1-5-31-19-11-17(10-18(25)21(19)32-13-16-8-6-14(2)7-9-16)12-20-22(27)26(24(29)33-20)15(3)23(28)30-4/h6-12,15H,5,13H2,1-4H3/b20-12+/t15-/m1/s1. The van der Waals surface area contributed by atoms with E-state index < -0.39 is 23.2 Å². The van der Waals surface area contributed by atoms with Gasteiger partial charge in [0.2, 0.25) is 0 Å². The van der Waals surface area contributed by atoms with Crippen LogP contribution in [0.25, 0.3) is 6.08 Å². The van der Waals surface area contributed by atoms with Crippen LogP contribution in [0.4, 0.5) is 4.79 Å². The summed E-state index contributed by atoms with van der Waals surface area (Å²) in [5.74, 6) is -0.152. The molecular formula is C24H24BrNO6S. The Bertz CT molecular complexity index is 1100. The predicted octanol–water partition coefficient (Wildman–Crippen LogP) is 5.33. The number of imide groups is 1. The summed E-state index contributed by atoms with van der Waals surface area (Å²) < 4.78 is 17.1. The maximum Gasteiger partial charge on any atom is 0.328 e. The first-order chi connectivity index (χ1) is 15.7. The van der Waals surface area contributed by atoms with E-state index in [2.05, 4.69) is 20.7 Å².